The second-order valence-electron chi connectivity index (χ2n) is 3.88. The SMILES string of the molecule is COCCS(=O)(=O)CCC(C)(C)N. The molecule has 0 aromatic carbocycles. The van der Waals surface area contributed by atoms with Crippen LogP contribution in [0.4, 0.5) is 0 Å². The Morgan fingerprint density at radius 2 is 1.85 bits per heavy atom. The number of nitrogens with two attached hydrogens (primary N) is 1. The summed E-state index contributed by atoms with van der Waals surface area (Å²) < 4.78 is 27.3. The van der Waals surface area contributed by atoms with Crippen LogP contribution in [0.15, 0.2) is 0 Å². The highest BCUT2D eigenvalue weighted by Gasteiger charge is 2.17. The molecular formula is C8H19NO3S. The Morgan fingerprint density at radius 1 is 1.31 bits per heavy atom. The minimum absolute atomic E-state index is 0.0829. The predicted molar refractivity (Wildman–Crippen MR) is 53.4 cm³/mol. The molecule has 13 heavy (non-hydrogen) atoms. The van der Waals surface area contributed by atoms with Gasteiger partial charge in [-0.2, -0.15) is 0 Å². The number of ether oxygens (including phenoxy) is 1. The number of methoxy groups -OCH3 is 1. The normalized spacial score (nSPS) is 13.2. The van der Waals surface area contributed by atoms with Crippen molar-refractivity contribution in [3.8, 4) is 0 Å². The van der Waals surface area contributed by atoms with Gasteiger partial charge in [0, 0.05) is 12.6 Å². The summed E-state index contributed by atoms with van der Waals surface area (Å²) in [6.07, 6.45) is 0.485. The van der Waals surface area contributed by atoms with Crippen LogP contribution >= 0.6 is 0 Å². The molecule has 0 aliphatic rings. The summed E-state index contributed by atoms with van der Waals surface area (Å²) in [5.41, 5.74) is 5.26. The number of sulfone groups is 1. The van der Waals surface area contributed by atoms with Crippen LogP contribution in [0.25, 0.3) is 0 Å². The molecule has 0 aromatic heterocycles. The predicted octanol–water partition coefficient (Wildman–Crippen LogP) is 0.175. The molecule has 0 heterocycles. The Kier molecular flexibility index (Phi) is 4.88. The second-order valence-corrected chi connectivity index (χ2v) is 6.19. The zero-order valence-corrected chi connectivity index (χ0v) is 9.36. The summed E-state index contributed by atoms with van der Waals surface area (Å²) in [4.78, 5) is 0. The summed E-state index contributed by atoms with van der Waals surface area (Å²) in [7, 11) is -1.49. The zero-order valence-electron chi connectivity index (χ0n) is 8.54. The van der Waals surface area contributed by atoms with Gasteiger partial charge in [0.05, 0.1) is 18.1 Å². The Hall–Kier alpha value is -0.130. The van der Waals surface area contributed by atoms with Gasteiger partial charge >= 0.3 is 0 Å². The van der Waals surface area contributed by atoms with E-state index < -0.39 is 15.4 Å². The largest absolute Gasteiger partial charge is 0.384 e. The fourth-order valence-electron chi connectivity index (χ4n) is 0.731. The van der Waals surface area contributed by atoms with Crippen LogP contribution in [-0.2, 0) is 14.6 Å². The maximum Gasteiger partial charge on any atom is 0.152 e. The highest BCUT2D eigenvalue weighted by Crippen LogP contribution is 2.06. The van der Waals surface area contributed by atoms with Gasteiger partial charge in [-0.25, -0.2) is 8.42 Å². The Morgan fingerprint density at radius 3 is 2.23 bits per heavy atom. The molecular weight excluding hydrogens is 190 g/mol. The molecule has 0 aliphatic carbocycles. The first kappa shape index (κ1) is 12.9. The summed E-state index contributed by atoms with van der Waals surface area (Å²) in [6.45, 7) is 3.89. The van der Waals surface area contributed by atoms with Crippen LogP contribution in [0.5, 0.6) is 0 Å². The van der Waals surface area contributed by atoms with E-state index in [9.17, 15) is 8.42 Å². The first-order valence-electron chi connectivity index (χ1n) is 4.25. The van der Waals surface area contributed by atoms with Crippen molar-refractivity contribution in [2.75, 3.05) is 25.2 Å². The summed E-state index contributed by atoms with van der Waals surface area (Å²) >= 11 is 0. The van der Waals surface area contributed by atoms with Crippen LogP contribution in [0.1, 0.15) is 20.3 Å². The molecule has 0 aromatic rings. The molecule has 5 heteroatoms. The number of rotatable bonds is 6. The van der Waals surface area contributed by atoms with Crippen LogP contribution in [-0.4, -0.2) is 39.2 Å². The Bertz CT molecular complexity index is 228. The lowest BCUT2D eigenvalue weighted by Gasteiger charge is -2.17. The van der Waals surface area contributed by atoms with E-state index in [2.05, 4.69) is 0 Å². The van der Waals surface area contributed by atoms with Gasteiger partial charge in [-0.15, -0.1) is 0 Å². The molecule has 0 radical (unpaired) electrons. The molecule has 0 spiro atoms. The third-order valence-corrected chi connectivity index (χ3v) is 3.27. The molecule has 0 saturated heterocycles. The Balaban J connectivity index is 3.91. The smallest absolute Gasteiger partial charge is 0.152 e. The lowest BCUT2D eigenvalue weighted by atomic mass is 10.0. The minimum Gasteiger partial charge on any atom is -0.384 e. The van der Waals surface area contributed by atoms with Crippen molar-refractivity contribution in [3.05, 3.63) is 0 Å². The van der Waals surface area contributed by atoms with Gasteiger partial charge < -0.3 is 10.5 Å². The number of hydrogen-bond donors (Lipinski definition) is 1. The molecule has 0 atom stereocenters. The molecule has 4 nitrogen and oxygen atoms in total. The van der Waals surface area contributed by atoms with Gasteiger partial charge in [-0.3, -0.25) is 0 Å². The van der Waals surface area contributed by atoms with Crippen molar-refractivity contribution in [1.82, 2.24) is 0 Å². The second kappa shape index (κ2) is 4.93. The summed E-state index contributed by atoms with van der Waals surface area (Å²) in [5.74, 6) is 0.222. The molecule has 0 unspecified atom stereocenters. The lowest BCUT2D eigenvalue weighted by Crippen LogP contribution is -2.34. The van der Waals surface area contributed by atoms with Crippen molar-refractivity contribution in [2.45, 2.75) is 25.8 Å². The molecule has 2 N–H and O–H groups in total. The molecule has 0 bridgehead atoms. The minimum atomic E-state index is -2.98. The third-order valence-electron chi connectivity index (χ3n) is 1.66. The van der Waals surface area contributed by atoms with Crippen molar-refractivity contribution in [3.63, 3.8) is 0 Å². The topological polar surface area (TPSA) is 69.4 Å². The average Bonchev–Trinajstić information content (AvgIpc) is 1.97. The average molecular weight is 209 g/mol. The van der Waals surface area contributed by atoms with E-state index >= 15 is 0 Å². The lowest BCUT2D eigenvalue weighted by molar-refractivity contribution is 0.217. The van der Waals surface area contributed by atoms with Crippen LogP contribution in [0.3, 0.4) is 0 Å². The van der Waals surface area contributed by atoms with E-state index in [1.165, 1.54) is 7.11 Å². The van der Waals surface area contributed by atoms with Crippen molar-refractivity contribution >= 4 is 9.84 Å². The van der Waals surface area contributed by atoms with Gasteiger partial charge in [-0.1, -0.05) is 0 Å². The fourth-order valence-corrected chi connectivity index (χ4v) is 2.19. The zero-order chi connectivity index (χ0) is 10.5. The molecule has 80 valence electrons. The van der Waals surface area contributed by atoms with Gasteiger partial charge in [0.15, 0.2) is 9.84 Å². The van der Waals surface area contributed by atoms with Gasteiger partial charge in [0.2, 0.25) is 0 Å². The van der Waals surface area contributed by atoms with E-state index in [1.807, 2.05) is 13.8 Å². The van der Waals surface area contributed by atoms with Crippen LogP contribution in [0, 0.1) is 0 Å². The summed E-state index contributed by atoms with van der Waals surface area (Å²) in [6, 6.07) is 0. The van der Waals surface area contributed by atoms with E-state index in [4.69, 9.17) is 10.5 Å². The van der Waals surface area contributed by atoms with E-state index in [1.54, 1.807) is 0 Å². The highest BCUT2D eigenvalue weighted by atomic mass is 32.2. The highest BCUT2D eigenvalue weighted by molar-refractivity contribution is 7.91. The fraction of sp³-hybridized carbons (Fsp3) is 1.00. The van der Waals surface area contributed by atoms with E-state index in [0.717, 1.165) is 0 Å². The van der Waals surface area contributed by atoms with E-state index in [0.29, 0.717) is 6.42 Å². The van der Waals surface area contributed by atoms with Crippen molar-refractivity contribution < 1.29 is 13.2 Å². The third kappa shape index (κ3) is 8.21. The van der Waals surface area contributed by atoms with E-state index in [-0.39, 0.29) is 18.1 Å². The van der Waals surface area contributed by atoms with Crippen LogP contribution < -0.4 is 5.73 Å². The quantitative estimate of drug-likeness (QED) is 0.677. The standard InChI is InChI=1S/C8H19NO3S/c1-8(2,9)4-6-13(10,11)7-5-12-3/h4-7,9H2,1-3H3. The molecule has 0 amide bonds. The molecule has 0 rings (SSSR count). The molecule has 0 aliphatic heterocycles. The molecule has 0 fully saturated rings. The van der Waals surface area contributed by atoms with Gasteiger partial charge in [0.25, 0.3) is 0 Å². The molecule has 0 saturated carbocycles. The maximum atomic E-state index is 11.3. The number of hydrogen-bond acceptors (Lipinski definition) is 4. The van der Waals surface area contributed by atoms with Gasteiger partial charge in [-0.05, 0) is 20.3 Å². The first-order valence-corrected chi connectivity index (χ1v) is 6.07. The first-order chi connectivity index (χ1) is 5.77. The van der Waals surface area contributed by atoms with Crippen LogP contribution in [0.2, 0.25) is 0 Å². The van der Waals surface area contributed by atoms with Crippen molar-refractivity contribution in [2.24, 2.45) is 5.73 Å². The van der Waals surface area contributed by atoms with Gasteiger partial charge in [0.1, 0.15) is 0 Å². The van der Waals surface area contributed by atoms with Crippen molar-refractivity contribution in [1.29, 1.82) is 0 Å². The summed E-state index contributed by atoms with van der Waals surface area (Å²) in [5, 5.41) is 0. The maximum absolute atomic E-state index is 11.3. The Labute approximate surface area is 80.4 Å². The monoisotopic (exact) mass is 209 g/mol.